The molecule has 0 aliphatic heterocycles. The number of nitrogens with zero attached hydrogens (tertiary/aromatic N) is 3. The van der Waals surface area contributed by atoms with Gasteiger partial charge in [-0.05, 0) is 25.1 Å². The Bertz CT molecular complexity index is 809. The van der Waals surface area contributed by atoms with E-state index in [2.05, 4.69) is 10.1 Å². The van der Waals surface area contributed by atoms with E-state index in [0.717, 1.165) is 17.0 Å². The molecule has 0 atom stereocenters. The molecule has 0 aliphatic rings. The van der Waals surface area contributed by atoms with Crippen molar-refractivity contribution in [3.63, 3.8) is 0 Å². The van der Waals surface area contributed by atoms with E-state index in [1.807, 2.05) is 25.1 Å². The molecule has 1 aromatic carbocycles. The van der Waals surface area contributed by atoms with Crippen molar-refractivity contribution in [2.24, 2.45) is 0 Å². The van der Waals surface area contributed by atoms with Crippen LogP contribution in [0.2, 0.25) is 5.02 Å². The van der Waals surface area contributed by atoms with Crippen LogP contribution >= 0.6 is 11.6 Å². The van der Waals surface area contributed by atoms with Crippen LogP contribution in [0.1, 0.15) is 16.2 Å². The van der Waals surface area contributed by atoms with Crippen molar-refractivity contribution in [3.8, 4) is 11.3 Å². The first-order chi connectivity index (χ1) is 9.54. The highest BCUT2D eigenvalue weighted by atomic mass is 35.5. The second kappa shape index (κ2) is 4.61. The highest BCUT2D eigenvalue weighted by Crippen LogP contribution is 2.22. The minimum atomic E-state index is -1.07. The summed E-state index contributed by atoms with van der Waals surface area (Å²) < 4.78 is 1.52. The Morgan fingerprint density at radius 3 is 2.60 bits per heavy atom. The zero-order valence-electron chi connectivity index (χ0n) is 10.5. The maximum Gasteiger partial charge on any atom is 0.356 e. The number of halogens is 1. The number of benzene rings is 1. The van der Waals surface area contributed by atoms with Crippen LogP contribution in [0.15, 0.2) is 36.4 Å². The number of carboxylic acids is 1. The van der Waals surface area contributed by atoms with Crippen molar-refractivity contribution in [1.29, 1.82) is 0 Å². The molecule has 3 rings (SSSR count). The molecule has 0 saturated carbocycles. The van der Waals surface area contributed by atoms with Crippen LogP contribution in [0, 0.1) is 6.92 Å². The van der Waals surface area contributed by atoms with Crippen molar-refractivity contribution < 1.29 is 9.90 Å². The minimum Gasteiger partial charge on any atom is -0.476 e. The number of fused-ring (bicyclic) bond motifs is 1. The first-order valence-electron chi connectivity index (χ1n) is 5.91. The topological polar surface area (TPSA) is 67.5 Å². The predicted octanol–water partition coefficient (Wildman–Crippen LogP) is 3.06. The summed E-state index contributed by atoms with van der Waals surface area (Å²) in [5.41, 5.74) is 2.97. The van der Waals surface area contributed by atoms with E-state index in [4.69, 9.17) is 16.7 Å². The number of aryl methyl sites for hydroxylation is 1. The van der Waals surface area contributed by atoms with Gasteiger partial charge in [-0.25, -0.2) is 14.3 Å². The van der Waals surface area contributed by atoms with Crippen LogP contribution in [-0.4, -0.2) is 25.7 Å². The molecule has 0 amide bonds. The van der Waals surface area contributed by atoms with Crippen LogP contribution < -0.4 is 0 Å². The molecule has 2 aromatic heterocycles. The van der Waals surface area contributed by atoms with E-state index < -0.39 is 5.97 Å². The summed E-state index contributed by atoms with van der Waals surface area (Å²) in [6.07, 6.45) is 0. The van der Waals surface area contributed by atoms with Gasteiger partial charge in [0.1, 0.15) is 0 Å². The van der Waals surface area contributed by atoms with Gasteiger partial charge in [-0.15, -0.1) is 0 Å². The van der Waals surface area contributed by atoms with Gasteiger partial charge in [0, 0.05) is 22.3 Å². The fraction of sp³-hybridized carbons (Fsp3) is 0.0714. The number of hydrogen-bond acceptors (Lipinski definition) is 3. The van der Waals surface area contributed by atoms with Crippen molar-refractivity contribution in [2.45, 2.75) is 6.92 Å². The Kier molecular flexibility index (Phi) is 2.91. The van der Waals surface area contributed by atoms with Gasteiger partial charge >= 0.3 is 5.97 Å². The number of aromatic nitrogens is 3. The van der Waals surface area contributed by atoms with Crippen molar-refractivity contribution >= 4 is 23.2 Å². The molecule has 0 aliphatic carbocycles. The molecule has 20 heavy (non-hydrogen) atoms. The summed E-state index contributed by atoms with van der Waals surface area (Å²) in [6.45, 7) is 1.85. The molecule has 100 valence electrons. The van der Waals surface area contributed by atoms with E-state index >= 15 is 0 Å². The minimum absolute atomic E-state index is 0.0196. The number of hydrogen-bond donors (Lipinski definition) is 1. The third-order valence-corrected chi connectivity index (χ3v) is 3.22. The van der Waals surface area contributed by atoms with Gasteiger partial charge < -0.3 is 5.11 Å². The fourth-order valence-electron chi connectivity index (χ4n) is 2.00. The number of rotatable bonds is 2. The highest BCUT2D eigenvalue weighted by molar-refractivity contribution is 6.30. The molecule has 0 bridgehead atoms. The number of carbonyl (C=O) groups is 1. The van der Waals surface area contributed by atoms with Crippen LogP contribution in [-0.2, 0) is 0 Å². The van der Waals surface area contributed by atoms with Crippen LogP contribution in [0.3, 0.4) is 0 Å². The number of carboxylic acid groups (broad SMARTS) is 1. The second-order valence-corrected chi connectivity index (χ2v) is 4.83. The van der Waals surface area contributed by atoms with Crippen molar-refractivity contribution in [1.82, 2.24) is 14.6 Å². The molecule has 0 saturated heterocycles. The lowest BCUT2D eigenvalue weighted by Crippen LogP contribution is -2.00. The summed E-state index contributed by atoms with van der Waals surface area (Å²) in [5, 5.41) is 13.6. The largest absolute Gasteiger partial charge is 0.476 e. The molecule has 5 nitrogen and oxygen atoms in total. The maximum atomic E-state index is 11.0. The Balaban J connectivity index is 2.18. The molecular formula is C14H10ClN3O2. The van der Waals surface area contributed by atoms with Crippen molar-refractivity contribution in [3.05, 3.63) is 52.8 Å². The average Bonchev–Trinajstić information content (AvgIpc) is 2.84. The molecule has 6 heteroatoms. The van der Waals surface area contributed by atoms with Gasteiger partial charge in [0.05, 0.1) is 5.69 Å². The molecule has 0 fully saturated rings. The lowest BCUT2D eigenvalue weighted by molar-refractivity contribution is 0.0690. The normalized spacial score (nSPS) is 10.9. The molecule has 0 radical (unpaired) electrons. The zero-order valence-corrected chi connectivity index (χ0v) is 11.3. The van der Waals surface area contributed by atoms with Gasteiger partial charge in [-0.1, -0.05) is 23.7 Å². The molecule has 0 unspecified atom stereocenters. The monoisotopic (exact) mass is 287 g/mol. The first kappa shape index (κ1) is 12.6. The van der Waals surface area contributed by atoms with E-state index in [1.165, 1.54) is 10.6 Å². The first-order valence-corrected chi connectivity index (χ1v) is 6.29. The van der Waals surface area contributed by atoms with Gasteiger partial charge in [0.2, 0.25) is 0 Å². The summed E-state index contributed by atoms with van der Waals surface area (Å²) in [7, 11) is 0. The van der Waals surface area contributed by atoms with Crippen molar-refractivity contribution in [2.75, 3.05) is 0 Å². The summed E-state index contributed by atoms with van der Waals surface area (Å²) >= 11 is 5.86. The maximum absolute atomic E-state index is 11.0. The van der Waals surface area contributed by atoms with Crippen LogP contribution in [0.5, 0.6) is 0 Å². The van der Waals surface area contributed by atoms with E-state index in [-0.39, 0.29) is 5.69 Å². The van der Waals surface area contributed by atoms with E-state index in [9.17, 15) is 4.79 Å². The quantitative estimate of drug-likeness (QED) is 0.786. The Hall–Kier alpha value is -2.40. The SMILES string of the molecule is Cc1cc(-c2ccc(Cl)cc2)nc2cc(C(=O)O)nn12. The molecule has 1 N–H and O–H groups in total. The molecular weight excluding hydrogens is 278 g/mol. The van der Waals surface area contributed by atoms with E-state index in [0.29, 0.717) is 10.7 Å². The average molecular weight is 288 g/mol. The molecule has 2 heterocycles. The lowest BCUT2D eigenvalue weighted by Gasteiger charge is -2.04. The van der Waals surface area contributed by atoms with Gasteiger partial charge in [0.25, 0.3) is 0 Å². The Labute approximate surface area is 119 Å². The van der Waals surface area contributed by atoms with E-state index in [1.54, 1.807) is 12.1 Å². The third kappa shape index (κ3) is 2.12. The molecule has 0 spiro atoms. The fourth-order valence-corrected chi connectivity index (χ4v) is 2.12. The van der Waals surface area contributed by atoms with Gasteiger partial charge in [-0.3, -0.25) is 0 Å². The molecule has 3 aromatic rings. The smallest absolute Gasteiger partial charge is 0.356 e. The summed E-state index contributed by atoms with van der Waals surface area (Å²) in [5.74, 6) is -1.07. The Morgan fingerprint density at radius 1 is 1.25 bits per heavy atom. The second-order valence-electron chi connectivity index (χ2n) is 4.39. The Morgan fingerprint density at radius 2 is 1.95 bits per heavy atom. The standard InChI is InChI=1S/C14H10ClN3O2/c1-8-6-11(9-2-4-10(15)5-3-9)16-13-7-12(14(19)20)17-18(8)13/h2-7H,1H3,(H,19,20). The third-order valence-electron chi connectivity index (χ3n) is 2.96. The van der Waals surface area contributed by atoms with Crippen LogP contribution in [0.25, 0.3) is 16.9 Å². The summed E-state index contributed by atoms with van der Waals surface area (Å²) in [6, 6.07) is 10.6. The highest BCUT2D eigenvalue weighted by Gasteiger charge is 2.12. The lowest BCUT2D eigenvalue weighted by atomic mass is 10.1. The summed E-state index contributed by atoms with van der Waals surface area (Å²) in [4.78, 5) is 15.4. The van der Waals surface area contributed by atoms with Crippen LogP contribution in [0.4, 0.5) is 0 Å². The zero-order chi connectivity index (χ0) is 14.3. The van der Waals surface area contributed by atoms with Gasteiger partial charge in [0.15, 0.2) is 11.3 Å². The van der Waals surface area contributed by atoms with Gasteiger partial charge in [-0.2, -0.15) is 5.10 Å². The number of aromatic carboxylic acids is 1. The predicted molar refractivity (Wildman–Crippen MR) is 75.1 cm³/mol.